The van der Waals surface area contributed by atoms with Crippen LogP contribution in [-0.2, 0) is 0 Å². The molecule has 4 aromatic rings. The van der Waals surface area contributed by atoms with Gasteiger partial charge in [-0.25, -0.2) is 4.98 Å². The summed E-state index contributed by atoms with van der Waals surface area (Å²) in [6, 6.07) is 20.8. The lowest BCUT2D eigenvalue weighted by atomic mass is 10.2. The fraction of sp³-hybridized carbons (Fsp3) is 0. The number of nitrogens with one attached hydrogen (secondary N) is 3. The van der Waals surface area contributed by atoms with Gasteiger partial charge in [-0.1, -0.05) is 35.3 Å². The Morgan fingerprint density at radius 1 is 0.889 bits per heavy atom. The molecule has 1 heterocycles. The quantitative estimate of drug-likeness (QED) is 0.343. The van der Waals surface area contributed by atoms with E-state index < -0.39 is 0 Å². The van der Waals surface area contributed by atoms with Crippen molar-refractivity contribution in [2.45, 2.75) is 0 Å². The average Bonchev–Trinajstić information content (AvgIpc) is 3.09. The van der Waals surface area contributed by atoms with Crippen LogP contribution in [0.15, 0.2) is 66.7 Å². The molecule has 0 fully saturated rings. The maximum absolute atomic E-state index is 6.39. The zero-order valence-electron chi connectivity index (χ0n) is 14.0. The first-order valence-electron chi connectivity index (χ1n) is 8.17. The van der Waals surface area contributed by atoms with E-state index in [0.717, 1.165) is 28.0 Å². The molecule has 0 unspecified atom stereocenters. The molecule has 0 spiro atoms. The maximum atomic E-state index is 6.39. The molecule has 0 saturated carbocycles. The number of rotatable bonds is 3. The number of anilines is 2. The molecule has 3 aromatic carbocycles. The Morgan fingerprint density at radius 2 is 1.59 bits per heavy atom. The molecule has 0 bridgehead atoms. The van der Waals surface area contributed by atoms with E-state index in [0.29, 0.717) is 21.0 Å². The molecule has 0 aliphatic heterocycles. The van der Waals surface area contributed by atoms with Crippen molar-refractivity contribution in [3.63, 3.8) is 0 Å². The van der Waals surface area contributed by atoms with Gasteiger partial charge >= 0.3 is 0 Å². The number of thiocarbonyl (C=S) groups is 1. The fourth-order valence-corrected chi connectivity index (χ4v) is 3.26. The Balaban J connectivity index is 1.56. The molecule has 7 heteroatoms. The molecule has 0 amide bonds. The lowest BCUT2D eigenvalue weighted by Crippen LogP contribution is -2.19. The number of imidazole rings is 1. The third-order valence-corrected chi connectivity index (χ3v) is 4.76. The number of hydrogen-bond acceptors (Lipinski definition) is 2. The van der Waals surface area contributed by atoms with E-state index in [2.05, 4.69) is 20.6 Å². The van der Waals surface area contributed by atoms with Crippen LogP contribution < -0.4 is 10.6 Å². The summed E-state index contributed by atoms with van der Waals surface area (Å²) in [6.45, 7) is 0. The number of benzene rings is 3. The lowest BCUT2D eigenvalue weighted by molar-refractivity contribution is 1.34. The molecule has 0 aliphatic rings. The number of hydrogen-bond donors (Lipinski definition) is 3. The van der Waals surface area contributed by atoms with Gasteiger partial charge in [-0.2, -0.15) is 0 Å². The van der Waals surface area contributed by atoms with Crippen LogP contribution in [-0.4, -0.2) is 15.1 Å². The summed E-state index contributed by atoms with van der Waals surface area (Å²) in [4.78, 5) is 7.91. The number of H-pyrrole nitrogens is 1. The van der Waals surface area contributed by atoms with Gasteiger partial charge in [0.25, 0.3) is 0 Å². The van der Waals surface area contributed by atoms with E-state index in [-0.39, 0.29) is 0 Å². The van der Waals surface area contributed by atoms with Crippen molar-refractivity contribution in [3.8, 4) is 11.4 Å². The molecule has 0 saturated heterocycles. The van der Waals surface area contributed by atoms with Gasteiger partial charge in [0.2, 0.25) is 0 Å². The van der Waals surface area contributed by atoms with Crippen LogP contribution in [0.1, 0.15) is 0 Å². The molecular weight excluding hydrogens is 399 g/mol. The zero-order valence-corrected chi connectivity index (χ0v) is 16.3. The second-order valence-electron chi connectivity index (χ2n) is 5.88. The first kappa shape index (κ1) is 17.8. The Bertz CT molecular complexity index is 1090. The summed E-state index contributed by atoms with van der Waals surface area (Å²) in [5, 5.41) is 8.03. The van der Waals surface area contributed by atoms with Gasteiger partial charge in [-0.05, 0) is 66.8 Å². The Kier molecular flexibility index (Phi) is 4.99. The van der Waals surface area contributed by atoms with Crippen molar-refractivity contribution >= 4 is 62.9 Å². The van der Waals surface area contributed by atoms with Crippen LogP contribution >= 0.6 is 35.4 Å². The number of halogens is 2. The smallest absolute Gasteiger partial charge is 0.175 e. The van der Waals surface area contributed by atoms with E-state index >= 15 is 0 Å². The number of fused-ring (bicyclic) bond motifs is 1. The van der Waals surface area contributed by atoms with E-state index in [9.17, 15) is 0 Å². The van der Waals surface area contributed by atoms with Gasteiger partial charge in [-0.15, -0.1) is 0 Å². The van der Waals surface area contributed by atoms with Crippen LogP contribution in [0.3, 0.4) is 0 Å². The van der Waals surface area contributed by atoms with Crippen LogP contribution in [0.2, 0.25) is 10.0 Å². The minimum atomic E-state index is 0.468. The van der Waals surface area contributed by atoms with Gasteiger partial charge in [0, 0.05) is 22.0 Å². The molecule has 3 N–H and O–H groups in total. The van der Waals surface area contributed by atoms with Crippen molar-refractivity contribution in [1.82, 2.24) is 9.97 Å². The molecule has 1 aromatic heterocycles. The highest BCUT2D eigenvalue weighted by Crippen LogP contribution is 2.30. The van der Waals surface area contributed by atoms with Gasteiger partial charge in [0.1, 0.15) is 5.82 Å². The standard InChI is InChI=1S/C20H14Cl2N4S/c21-12-5-7-13(8-6-12)23-20(27)24-14-9-10-16(22)15(11-14)19-25-17-3-1-2-4-18(17)26-19/h1-11H,(H,25,26)(H2,23,24,27). The summed E-state index contributed by atoms with van der Waals surface area (Å²) >= 11 is 17.7. The van der Waals surface area contributed by atoms with E-state index in [1.165, 1.54) is 0 Å². The summed E-state index contributed by atoms with van der Waals surface area (Å²) in [5.74, 6) is 0.710. The Hall–Kier alpha value is -2.60. The minimum absolute atomic E-state index is 0.468. The minimum Gasteiger partial charge on any atom is -0.338 e. The van der Waals surface area contributed by atoms with Crippen molar-refractivity contribution in [2.75, 3.05) is 10.6 Å². The Labute approximate surface area is 171 Å². The number of aromatic nitrogens is 2. The highest BCUT2D eigenvalue weighted by molar-refractivity contribution is 7.80. The summed E-state index contributed by atoms with van der Waals surface area (Å²) in [7, 11) is 0. The van der Waals surface area contributed by atoms with Crippen LogP contribution in [0.25, 0.3) is 22.4 Å². The van der Waals surface area contributed by atoms with Gasteiger partial charge in [-0.3, -0.25) is 0 Å². The summed E-state index contributed by atoms with van der Waals surface area (Å²) in [5.41, 5.74) is 4.31. The second-order valence-corrected chi connectivity index (χ2v) is 7.14. The van der Waals surface area contributed by atoms with E-state index in [4.69, 9.17) is 35.4 Å². The molecular formula is C20H14Cl2N4S. The first-order chi connectivity index (χ1) is 13.1. The predicted octanol–water partition coefficient (Wildman–Crippen LogP) is 6.35. The van der Waals surface area contributed by atoms with Crippen molar-refractivity contribution in [3.05, 3.63) is 76.8 Å². The topological polar surface area (TPSA) is 52.7 Å². The monoisotopic (exact) mass is 412 g/mol. The fourth-order valence-electron chi connectivity index (χ4n) is 2.69. The van der Waals surface area contributed by atoms with Gasteiger partial charge in [0.05, 0.1) is 16.1 Å². The third kappa shape index (κ3) is 4.06. The lowest BCUT2D eigenvalue weighted by Gasteiger charge is -2.12. The molecule has 134 valence electrons. The van der Waals surface area contributed by atoms with E-state index in [1.807, 2.05) is 54.6 Å². The molecule has 4 nitrogen and oxygen atoms in total. The van der Waals surface area contributed by atoms with Gasteiger partial charge in [0.15, 0.2) is 5.11 Å². The second kappa shape index (κ2) is 7.56. The molecule has 0 atom stereocenters. The molecule has 27 heavy (non-hydrogen) atoms. The highest BCUT2D eigenvalue weighted by Gasteiger charge is 2.10. The largest absolute Gasteiger partial charge is 0.338 e. The number of nitrogens with zero attached hydrogens (tertiary/aromatic N) is 1. The SMILES string of the molecule is S=C(Nc1ccc(Cl)cc1)Nc1ccc(Cl)c(-c2nc3ccccc3[nH]2)c1. The number of para-hydroxylation sites is 2. The maximum Gasteiger partial charge on any atom is 0.175 e. The Morgan fingerprint density at radius 3 is 2.37 bits per heavy atom. The summed E-state index contributed by atoms with van der Waals surface area (Å²) < 4.78 is 0. The van der Waals surface area contributed by atoms with Gasteiger partial charge < -0.3 is 15.6 Å². The first-order valence-corrected chi connectivity index (χ1v) is 9.33. The van der Waals surface area contributed by atoms with Crippen LogP contribution in [0, 0.1) is 0 Å². The number of aromatic amines is 1. The molecule has 4 rings (SSSR count). The molecule has 0 radical (unpaired) electrons. The highest BCUT2D eigenvalue weighted by atomic mass is 35.5. The van der Waals surface area contributed by atoms with Crippen LogP contribution in [0.4, 0.5) is 11.4 Å². The van der Waals surface area contributed by atoms with Crippen LogP contribution in [0.5, 0.6) is 0 Å². The van der Waals surface area contributed by atoms with Crippen molar-refractivity contribution in [2.24, 2.45) is 0 Å². The van der Waals surface area contributed by atoms with Crippen molar-refractivity contribution in [1.29, 1.82) is 0 Å². The third-order valence-electron chi connectivity index (χ3n) is 3.97. The predicted molar refractivity (Wildman–Crippen MR) is 118 cm³/mol. The molecule has 0 aliphatic carbocycles. The summed E-state index contributed by atoms with van der Waals surface area (Å²) in [6.07, 6.45) is 0. The van der Waals surface area contributed by atoms with Crippen molar-refractivity contribution < 1.29 is 0 Å². The average molecular weight is 413 g/mol. The zero-order chi connectivity index (χ0) is 18.8. The normalized spacial score (nSPS) is 10.7. The van der Waals surface area contributed by atoms with E-state index in [1.54, 1.807) is 12.1 Å².